The molecule has 2 heterocycles. The van der Waals surface area contributed by atoms with E-state index in [2.05, 4.69) is 15.2 Å². The molecule has 6 nitrogen and oxygen atoms in total. The van der Waals surface area contributed by atoms with E-state index in [4.69, 9.17) is 9.26 Å². The maximum Gasteiger partial charge on any atom is 0.417 e. The molecule has 0 saturated carbocycles. The molecule has 0 spiro atoms. The van der Waals surface area contributed by atoms with Crippen LogP contribution in [-0.4, -0.2) is 19.9 Å². The second kappa shape index (κ2) is 4.20. The van der Waals surface area contributed by atoms with E-state index in [1.54, 1.807) is 10.9 Å². The van der Waals surface area contributed by atoms with Crippen LogP contribution in [-0.2, 0) is 19.1 Å². The second-order valence-electron chi connectivity index (χ2n) is 4.87. The fourth-order valence-electron chi connectivity index (χ4n) is 1.25. The standard InChI is InChI=1S/C11H16N4O2/c1-11(2,3)9-13-10(17-14-9)16-7-8-5-6-12-15(8)4/h5-6H,7H2,1-4H3. The summed E-state index contributed by atoms with van der Waals surface area (Å²) in [6.07, 6.45) is 1.91. The minimum Gasteiger partial charge on any atom is -0.442 e. The quantitative estimate of drug-likeness (QED) is 0.811. The fraction of sp³-hybridized carbons (Fsp3) is 0.545. The predicted octanol–water partition coefficient (Wildman–Crippen LogP) is 1.68. The van der Waals surface area contributed by atoms with Gasteiger partial charge in [-0.2, -0.15) is 10.1 Å². The molecule has 0 N–H and O–H groups in total. The third-order valence-corrected chi connectivity index (χ3v) is 2.34. The van der Waals surface area contributed by atoms with Crippen molar-refractivity contribution in [2.24, 2.45) is 7.05 Å². The molecule has 2 aromatic rings. The van der Waals surface area contributed by atoms with Gasteiger partial charge in [-0.05, 0) is 6.07 Å². The lowest BCUT2D eigenvalue weighted by atomic mass is 9.96. The average molecular weight is 236 g/mol. The van der Waals surface area contributed by atoms with Crippen LogP contribution < -0.4 is 4.74 Å². The third-order valence-electron chi connectivity index (χ3n) is 2.34. The topological polar surface area (TPSA) is 66.0 Å². The number of aryl methyl sites for hydroxylation is 1. The Morgan fingerprint density at radius 1 is 1.41 bits per heavy atom. The Morgan fingerprint density at radius 3 is 2.71 bits per heavy atom. The summed E-state index contributed by atoms with van der Waals surface area (Å²) in [6.45, 7) is 6.41. The molecule has 0 unspecified atom stereocenters. The van der Waals surface area contributed by atoms with Crippen LogP contribution in [0.25, 0.3) is 0 Å². The molecular weight excluding hydrogens is 220 g/mol. The monoisotopic (exact) mass is 236 g/mol. The molecule has 0 atom stereocenters. The van der Waals surface area contributed by atoms with E-state index < -0.39 is 0 Å². The Kier molecular flexibility index (Phi) is 2.87. The van der Waals surface area contributed by atoms with Gasteiger partial charge in [-0.1, -0.05) is 25.9 Å². The molecule has 0 radical (unpaired) electrons. The molecule has 2 rings (SSSR count). The van der Waals surface area contributed by atoms with Crippen LogP contribution in [0, 0.1) is 0 Å². The SMILES string of the molecule is Cn1nccc1COc1nc(C(C)(C)C)no1. The molecule has 0 aliphatic carbocycles. The first-order valence-electron chi connectivity index (χ1n) is 5.40. The van der Waals surface area contributed by atoms with E-state index in [9.17, 15) is 0 Å². The smallest absolute Gasteiger partial charge is 0.417 e. The molecule has 0 bridgehead atoms. The molecular formula is C11H16N4O2. The van der Waals surface area contributed by atoms with Gasteiger partial charge in [0.15, 0.2) is 5.82 Å². The first-order valence-corrected chi connectivity index (χ1v) is 5.40. The van der Waals surface area contributed by atoms with Crippen LogP contribution >= 0.6 is 0 Å². The minimum absolute atomic E-state index is 0.141. The summed E-state index contributed by atoms with van der Waals surface area (Å²) in [7, 11) is 1.85. The van der Waals surface area contributed by atoms with Gasteiger partial charge in [-0.3, -0.25) is 9.20 Å². The first-order chi connectivity index (χ1) is 7.97. The zero-order valence-corrected chi connectivity index (χ0v) is 10.5. The lowest BCUT2D eigenvalue weighted by Gasteiger charge is -2.10. The average Bonchev–Trinajstić information content (AvgIpc) is 2.82. The summed E-state index contributed by atoms with van der Waals surface area (Å²) in [5, 5.41) is 7.92. The largest absolute Gasteiger partial charge is 0.442 e. The Balaban J connectivity index is 2.01. The number of hydrogen-bond acceptors (Lipinski definition) is 5. The van der Waals surface area contributed by atoms with Gasteiger partial charge in [0.05, 0.1) is 5.69 Å². The molecule has 0 fully saturated rings. The van der Waals surface area contributed by atoms with Crippen molar-refractivity contribution in [3.63, 3.8) is 0 Å². The van der Waals surface area contributed by atoms with E-state index in [1.165, 1.54) is 0 Å². The van der Waals surface area contributed by atoms with Crippen molar-refractivity contribution in [3.8, 4) is 6.08 Å². The molecule has 0 aliphatic rings. The van der Waals surface area contributed by atoms with E-state index in [1.807, 2.05) is 33.9 Å². The lowest BCUT2D eigenvalue weighted by Crippen LogP contribution is -2.13. The van der Waals surface area contributed by atoms with Crippen molar-refractivity contribution in [2.45, 2.75) is 32.8 Å². The van der Waals surface area contributed by atoms with Gasteiger partial charge in [0.2, 0.25) is 0 Å². The zero-order valence-electron chi connectivity index (χ0n) is 10.5. The van der Waals surface area contributed by atoms with Crippen molar-refractivity contribution in [2.75, 3.05) is 0 Å². The fourth-order valence-corrected chi connectivity index (χ4v) is 1.25. The first kappa shape index (κ1) is 11.6. The van der Waals surface area contributed by atoms with Gasteiger partial charge < -0.3 is 4.74 Å². The minimum atomic E-state index is -0.141. The van der Waals surface area contributed by atoms with Gasteiger partial charge in [-0.25, -0.2) is 0 Å². The van der Waals surface area contributed by atoms with Crippen LogP contribution in [0.2, 0.25) is 0 Å². The van der Waals surface area contributed by atoms with Crippen molar-refractivity contribution in [3.05, 3.63) is 23.8 Å². The van der Waals surface area contributed by atoms with Crippen molar-refractivity contribution in [1.82, 2.24) is 19.9 Å². The van der Waals surface area contributed by atoms with E-state index in [0.29, 0.717) is 12.4 Å². The molecule has 0 aliphatic heterocycles. The highest BCUT2D eigenvalue weighted by molar-refractivity contribution is 5.03. The van der Waals surface area contributed by atoms with Gasteiger partial charge >= 0.3 is 6.08 Å². The number of nitrogens with zero attached hydrogens (tertiary/aromatic N) is 4. The van der Waals surface area contributed by atoms with Crippen molar-refractivity contribution < 1.29 is 9.26 Å². The summed E-state index contributed by atoms with van der Waals surface area (Å²) < 4.78 is 12.2. The van der Waals surface area contributed by atoms with Gasteiger partial charge in [-0.15, -0.1) is 0 Å². The zero-order chi connectivity index (χ0) is 12.5. The molecule has 92 valence electrons. The van der Waals surface area contributed by atoms with Crippen molar-refractivity contribution in [1.29, 1.82) is 0 Å². The number of ether oxygens (including phenoxy) is 1. The highest BCUT2D eigenvalue weighted by Gasteiger charge is 2.21. The summed E-state index contributed by atoms with van der Waals surface area (Å²) in [6, 6.07) is 1.88. The summed E-state index contributed by atoms with van der Waals surface area (Å²) >= 11 is 0. The number of aromatic nitrogens is 4. The summed E-state index contributed by atoms with van der Waals surface area (Å²) in [5.74, 6) is 0.637. The Morgan fingerprint density at radius 2 is 2.18 bits per heavy atom. The van der Waals surface area contributed by atoms with E-state index in [0.717, 1.165) is 5.69 Å². The maximum absolute atomic E-state index is 5.41. The second-order valence-corrected chi connectivity index (χ2v) is 4.87. The van der Waals surface area contributed by atoms with Crippen LogP contribution in [0.1, 0.15) is 32.3 Å². The van der Waals surface area contributed by atoms with Gasteiger partial charge in [0, 0.05) is 18.7 Å². The summed E-state index contributed by atoms with van der Waals surface area (Å²) in [4.78, 5) is 4.18. The van der Waals surface area contributed by atoms with E-state index >= 15 is 0 Å². The van der Waals surface area contributed by atoms with Gasteiger partial charge in [0.1, 0.15) is 6.61 Å². The molecule has 2 aromatic heterocycles. The molecule has 17 heavy (non-hydrogen) atoms. The Labute approximate surface area is 99.6 Å². The van der Waals surface area contributed by atoms with Crippen LogP contribution in [0.4, 0.5) is 0 Å². The molecule has 6 heteroatoms. The van der Waals surface area contributed by atoms with Crippen LogP contribution in [0.5, 0.6) is 6.08 Å². The maximum atomic E-state index is 5.41. The molecule has 0 amide bonds. The number of hydrogen-bond donors (Lipinski definition) is 0. The predicted molar refractivity (Wildman–Crippen MR) is 60.5 cm³/mol. The number of rotatable bonds is 3. The third kappa shape index (κ3) is 2.64. The molecule has 0 saturated heterocycles. The van der Waals surface area contributed by atoms with Crippen LogP contribution in [0.3, 0.4) is 0 Å². The molecule has 0 aromatic carbocycles. The highest BCUT2D eigenvalue weighted by atomic mass is 16.6. The normalized spacial score (nSPS) is 11.8. The van der Waals surface area contributed by atoms with Crippen LogP contribution in [0.15, 0.2) is 16.8 Å². The van der Waals surface area contributed by atoms with Crippen molar-refractivity contribution >= 4 is 0 Å². The summed E-state index contributed by atoms with van der Waals surface area (Å²) in [5.41, 5.74) is 0.804. The Hall–Kier alpha value is -1.85. The lowest BCUT2D eigenvalue weighted by molar-refractivity contribution is 0.190. The van der Waals surface area contributed by atoms with Gasteiger partial charge in [0.25, 0.3) is 0 Å². The highest BCUT2D eigenvalue weighted by Crippen LogP contribution is 2.21. The van der Waals surface area contributed by atoms with E-state index in [-0.39, 0.29) is 11.5 Å². The Bertz CT molecular complexity index is 496.